The molecule has 3 atom stereocenters. The Morgan fingerprint density at radius 1 is 1.08 bits per heavy atom. The van der Waals surface area contributed by atoms with Crippen molar-refractivity contribution in [3.8, 4) is 11.5 Å². The number of rotatable bonds is 5. The number of nitrogens with zero attached hydrogens (tertiary/aromatic N) is 1. The van der Waals surface area contributed by atoms with Crippen molar-refractivity contribution in [2.24, 2.45) is 5.92 Å². The SMILES string of the molecule is COc1ccc(C(=O)OC[C@@H]2CCC[N@@+]3(C)CCCC[C@H]23)cc1OC. The molecule has 0 radical (unpaired) electrons. The quantitative estimate of drug-likeness (QED) is 0.605. The highest BCUT2D eigenvalue weighted by atomic mass is 16.5. The highest BCUT2D eigenvalue weighted by molar-refractivity contribution is 5.90. The summed E-state index contributed by atoms with van der Waals surface area (Å²) in [5.74, 6) is 1.35. The molecular weight excluding hydrogens is 318 g/mol. The van der Waals surface area contributed by atoms with Gasteiger partial charge in [-0.15, -0.1) is 0 Å². The molecule has 0 bridgehead atoms. The highest BCUT2D eigenvalue weighted by Crippen LogP contribution is 2.36. The zero-order valence-electron chi connectivity index (χ0n) is 15.6. The molecule has 0 aromatic heterocycles. The molecule has 0 N–H and O–H groups in total. The van der Waals surface area contributed by atoms with Crippen molar-refractivity contribution in [3.05, 3.63) is 23.8 Å². The Balaban J connectivity index is 1.64. The predicted molar refractivity (Wildman–Crippen MR) is 96.1 cm³/mol. The molecule has 1 aromatic rings. The molecule has 5 heteroatoms. The zero-order valence-corrected chi connectivity index (χ0v) is 15.6. The lowest BCUT2D eigenvalue weighted by molar-refractivity contribution is -0.947. The van der Waals surface area contributed by atoms with Gasteiger partial charge in [-0.3, -0.25) is 0 Å². The van der Waals surface area contributed by atoms with Crippen LogP contribution in [0.15, 0.2) is 18.2 Å². The Morgan fingerprint density at radius 3 is 2.60 bits per heavy atom. The lowest BCUT2D eigenvalue weighted by Crippen LogP contribution is -2.61. The summed E-state index contributed by atoms with van der Waals surface area (Å²) in [6.07, 6.45) is 6.28. The summed E-state index contributed by atoms with van der Waals surface area (Å²) in [7, 11) is 5.53. The molecule has 1 aromatic carbocycles. The number of esters is 1. The monoisotopic (exact) mass is 348 g/mol. The van der Waals surface area contributed by atoms with Crippen molar-refractivity contribution >= 4 is 5.97 Å². The lowest BCUT2D eigenvalue weighted by Gasteiger charge is -2.51. The molecule has 0 aliphatic carbocycles. The van der Waals surface area contributed by atoms with Crippen molar-refractivity contribution in [2.75, 3.05) is 41.0 Å². The van der Waals surface area contributed by atoms with E-state index in [2.05, 4.69) is 7.05 Å². The van der Waals surface area contributed by atoms with Crippen LogP contribution >= 0.6 is 0 Å². The van der Waals surface area contributed by atoms with E-state index in [-0.39, 0.29) is 5.97 Å². The number of quaternary nitrogens is 1. The van der Waals surface area contributed by atoms with Gasteiger partial charge in [0.15, 0.2) is 11.5 Å². The minimum Gasteiger partial charge on any atom is -0.493 e. The average molecular weight is 348 g/mol. The smallest absolute Gasteiger partial charge is 0.338 e. The van der Waals surface area contributed by atoms with E-state index in [1.165, 1.54) is 43.3 Å². The second-order valence-electron chi connectivity index (χ2n) is 7.56. The van der Waals surface area contributed by atoms with Crippen LogP contribution in [-0.4, -0.2) is 57.5 Å². The van der Waals surface area contributed by atoms with Gasteiger partial charge < -0.3 is 18.7 Å². The second-order valence-corrected chi connectivity index (χ2v) is 7.56. The molecule has 2 heterocycles. The molecule has 0 amide bonds. The highest BCUT2D eigenvalue weighted by Gasteiger charge is 2.43. The van der Waals surface area contributed by atoms with Gasteiger partial charge in [-0.25, -0.2) is 4.79 Å². The zero-order chi connectivity index (χ0) is 17.9. The molecule has 0 unspecified atom stereocenters. The summed E-state index contributed by atoms with van der Waals surface area (Å²) in [4.78, 5) is 12.5. The van der Waals surface area contributed by atoms with Crippen molar-refractivity contribution in [2.45, 2.75) is 38.1 Å². The fourth-order valence-electron chi connectivity index (χ4n) is 4.66. The summed E-state index contributed by atoms with van der Waals surface area (Å²) >= 11 is 0. The molecule has 0 spiro atoms. The van der Waals surface area contributed by atoms with E-state index >= 15 is 0 Å². The van der Waals surface area contributed by atoms with Gasteiger partial charge in [-0.1, -0.05) is 0 Å². The first-order valence-corrected chi connectivity index (χ1v) is 9.31. The first kappa shape index (κ1) is 18.1. The van der Waals surface area contributed by atoms with Gasteiger partial charge in [0.05, 0.1) is 46.0 Å². The molecule has 2 fully saturated rings. The summed E-state index contributed by atoms with van der Waals surface area (Å²) in [6.45, 7) is 3.06. The van der Waals surface area contributed by atoms with E-state index in [0.29, 0.717) is 35.6 Å². The van der Waals surface area contributed by atoms with Crippen LogP contribution in [0.3, 0.4) is 0 Å². The standard InChI is InChI=1S/C20H30NO4/c1-21-11-5-4-8-17(21)16(7-6-12-21)14-25-20(22)15-9-10-18(23-2)19(13-15)24-3/h9-10,13,16-17H,4-8,11-12,14H2,1-3H3/q+1/t16-,17+,21+/m0/s1. The third kappa shape index (κ3) is 3.76. The summed E-state index contributed by atoms with van der Waals surface area (Å²) < 4.78 is 17.3. The third-order valence-electron chi connectivity index (χ3n) is 6.06. The van der Waals surface area contributed by atoms with Gasteiger partial charge in [0, 0.05) is 12.3 Å². The van der Waals surface area contributed by atoms with E-state index in [9.17, 15) is 4.79 Å². The van der Waals surface area contributed by atoms with Gasteiger partial charge in [-0.2, -0.15) is 0 Å². The Morgan fingerprint density at radius 2 is 1.84 bits per heavy atom. The van der Waals surface area contributed by atoms with Gasteiger partial charge in [0.2, 0.25) is 0 Å². The number of piperidine rings is 2. The number of benzene rings is 1. The van der Waals surface area contributed by atoms with Crippen LogP contribution in [0.25, 0.3) is 0 Å². The molecule has 2 aliphatic rings. The first-order chi connectivity index (χ1) is 12.1. The normalized spacial score (nSPS) is 28.8. The van der Waals surface area contributed by atoms with E-state index < -0.39 is 0 Å². The Hall–Kier alpha value is -1.75. The van der Waals surface area contributed by atoms with Crippen LogP contribution in [0.5, 0.6) is 11.5 Å². The minimum atomic E-state index is -0.281. The topological polar surface area (TPSA) is 44.8 Å². The van der Waals surface area contributed by atoms with Crippen LogP contribution < -0.4 is 9.47 Å². The average Bonchev–Trinajstić information content (AvgIpc) is 2.64. The second kappa shape index (κ2) is 7.65. The Labute approximate surface area is 150 Å². The van der Waals surface area contributed by atoms with Crippen molar-refractivity contribution in [1.82, 2.24) is 0 Å². The van der Waals surface area contributed by atoms with Crippen molar-refractivity contribution in [3.63, 3.8) is 0 Å². The maximum atomic E-state index is 12.5. The third-order valence-corrected chi connectivity index (χ3v) is 6.06. The molecular formula is C20H30NO4+. The van der Waals surface area contributed by atoms with E-state index in [1.807, 2.05) is 0 Å². The predicted octanol–water partition coefficient (Wildman–Crippen LogP) is 3.27. The summed E-state index contributed by atoms with van der Waals surface area (Å²) in [6, 6.07) is 5.79. The molecule has 2 saturated heterocycles. The largest absolute Gasteiger partial charge is 0.493 e. The fourth-order valence-corrected chi connectivity index (χ4v) is 4.66. The van der Waals surface area contributed by atoms with Crippen LogP contribution in [0.1, 0.15) is 42.5 Å². The molecule has 25 heavy (non-hydrogen) atoms. The maximum absolute atomic E-state index is 12.5. The van der Waals surface area contributed by atoms with Crippen LogP contribution in [0.2, 0.25) is 0 Å². The Bertz CT molecular complexity index is 614. The minimum absolute atomic E-state index is 0.281. The van der Waals surface area contributed by atoms with E-state index in [0.717, 1.165) is 6.42 Å². The number of fused-ring (bicyclic) bond motifs is 1. The number of ether oxygens (including phenoxy) is 3. The van der Waals surface area contributed by atoms with Crippen LogP contribution in [-0.2, 0) is 4.74 Å². The molecule has 5 nitrogen and oxygen atoms in total. The van der Waals surface area contributed by atoms with Crippen LogP contribution in [0, 0.1) is 5.92 Å². The van der Waals surface area contributed by atoms with E-state index in [4.69, 9.17) is 14.2 Å². The van der Waals surface area contributed by atoms with Gasteiger partial charge in [-0.05, 0) is 43.9 Å². The van der Waals surface area contributed by atoms with Crippen LogP contribution in [0.4, 0.5) is 0 Å². The number of methoxy groups -OCH3 is 2. The van der Waals surface area contributed by atoms with Crippen molar-refractivity contribution < 1.29 is 23.5 Å². The number of hydrogen-bond donors (Lipinski definition) is 0. The fraction of sp³-hybridized carbons (Fsp3) is 0.650. The molecule has 138 valence electrons. The van der Waals surface area contributed by atoms with Gasteiger partial charge in [0.1, 0.15) is 6.61 Å². The number of hydrogen-bond acceptors (Lipinski definition) is 4. The maximum Gasteiger partial charge on any atom is 0.338 e. The first-order valence-electron chi connectivity index (χ1n) is 9.31. The van der Waals surface area contributed by atoms with Gasteiger partial charge in [0.25, 0.3) is 0 Å². The lowest BCUT2D eigenvalue weighted by atomic mass is 9.82. The van der Waals surface area contributed by atoms with E-state index in [1.54, 1.807) is 32.4 Å². The summed E-state index contributed by atoms with van der Waals surface area (Å²) in [5.41, 5.74) is 0.509. The number of carbonyl (C=O) groups excluding carboxylic acids is 1. The summed E-state index contributed by atoms with van der Waals surface area (Å²) in [5, 5.41) is 0. The van der Waals surface area contributed by atoms with Gasteiger partial charge >= 0.3 is 5.97 Å². The molecule has 0 saturated carbocycles. The number of carbonyl (C=O) groups is 1. The molecule has 3 rings (SSSR count). The van der Waals surface area contributed by atoms with Crippen molar-refractivity contribution in [1.29, 1.82) is 0 Å². The Kier molecular flexibility index (Phi) is 5.52. The molecule has 2 aliphatic heterocycles.